The zero-order valence-electron chi connectivity index (χ0n) is 4.67. The van der Waals surface area contributed by atoms with Gasteiger partial charge in [-0.05, 0) is 6.07 Å². The average molecular weight is 152 g/mol. The lowest BCUT2D eigenvalue weighted by molar-refractivity contribution is -0.328. The number of nitrogens with zero attached hydrogens (tertiary/aromatic N) is 2. The second-order valence-corrected chi connectivity index (χ2v) is 1.45. The first kappa shape index (κ1) is 6.91. The number of alkyl halides is 3. The smallest absolute Gasteiger partial charge is 0.295 e. The molecule has 0 aliphatic carbocycles. The molecule has 0 atom stereocenters. The van der Waals surface area contributed by atoms with Crippen molar-refractivity contribution in [2.75, 3.05) is 0 Å². The van der Waals surface area contributed by atoms with E-state index < -0.39 is 6.36 Å². The van der Waals surface area contributed by atoms with Crippen molar-refractivity contribution in [2.24, 2.45) is 0 Å². The van der Waals surface area contributed by atoms with E-state index in [1.54, 1.807) is 0 Å². The van der Waals surface area contributed by atoms with Crippen LogP contribution in [0.5, 0.6) is 0 Å². The highest BCUT2D eigenvalue weighted by molar-refractivity contribution is 4.75. The molecule has 1 aromatic heterocycles. The van der Waals surface area contributed by atoms with Crippen molar-refractivity contribution in [3.05, 3.63) is 18.5 Å². The van der Waals surface area contributed by atoms with Crippen LogP contribution < -0.4 is 4.84 Å². The summed E-state index contributed by atoms with van der Waals surface area (Å²) in [5.41, 5.74) is 0. The van der Waals surface area contributed by atoms with E-state index in [1.807, 2.05) is 0 Å². The van der Waals surface area contributed by atoms with Crippen molar-refractivity contribution >= 4 is 0 Å². The van der Waals surface area contributed by atoms with Gasteiger partial charge in [-0.1, -0.05) is 4.85 Å². The fraction of sp³-hybridized carbons (Fsp3) is 0.250. The van der Waals surface area contributed by atoms with E-state index in [1.165, 1.54) is 12.3 Å². The standard InChI is InChI=1S/C4H3F3N2O/c5-4(6,7)10-9-3-1-2-8-9/h1-3H. The third-order valence-electron chi connectivity index (χ3n) is 0.677. The number of aromatic nitrogens is 2. The highest BCUT2D eigenvalue weighted by Gasteiger charge is 2.32. The Morgan fingerprint density at radius 3 is 2.50 bits per heavy atom. The van der Waals surface area contributed by atoms with Gasteiger partial charge in [0.1, 0.15) is 0 Å². The van der Waals surface area contributed by atoms with Crippen LogP contribution in [0.4, 0.5) is 13.2 Å². The Morgan fingerprint density at radius 2 is 2.10 bits per heavy atom. The summed E-state index contributed by atoms with van der Waals surface area (Å²) in [6, 6.07) is 1.33. The van der Waals surface area contributed by atoms with E-state index in [2.05, 4.69) is 9.94 Å². The summed E-state index contributed by atoms with van der Waals surface area (Å²) < 4.78 is 34.0. The first-order valence-corrected chi connectivity index (χ1v) is 2.34. The lowest BCUT2D eigenvalue weighted by atomic mass is 10.8. The molecule has 6 heteroatoms. The van der Waals surface area contributed by atoms with Gasteiger partial charge in [-0.3, -0.25) is 4.84 Å². The van der Waals surface area contributed by atoms with Crippen molar-refractivity contribution < 1.29 is 18.0 Å². The Morgan fingerprint density at radius 1 is 1.40 bits per heavy atom. The van der Waals surface area contributed by atoms with Crippen LogP contribution in [0.3, 0.4) is 0 Å². The Balaban J connectivity index is 2.57. The molecule has 10 heavy (non-hydrogen) atoms. The average Bonchev–Trinajstić information content (AvgIpc) is 2.12. The van der Waals surface area contributed by atoms with Gasteiger partial charge in [0.05, 0.1) is 12.4 Å². The normalized spacial score (nSPS) is 11.5. The van der Waals surface area contributed by atoms with Gasteiger partial charge in [-0.2, -0.15) is 0 Å². The first-order chi connectivity index (χ1) is 4.58. The molecule has 0 fully saturated rings. The second kappa shape index (κ2) is 2.20. The molecule has 1 rings (SSSR count). The summed E-state index contributed by atoms with van der Waals surface area (Å²) in [7, 11) is 0. The molecule has 0 aromatic carbocycles. The number of rotatable bonds is 1. The van der Waals surface area contributed by atoms with Gasteiger partial charge in [0.2, 0.25) is 0 Å². The molecule has 0 saturated carbocycles. The third-order valence-corrected chi connectivity index (χ3v) is 0.677. The van der Waals surface area contributed by atoms with Gasteiger partial charge in [0.25, 0.3) is 0 Å². The molecule has 0 aliphatic rings. The maximum atomic E-state index is 11.3. The van der Waals surface area contributed by atoms with Crippen molar-refractivity contribution in [1.82, 2.24) is 9.94 Å². The highest BCUT2D eigenvalue weighted by atomic mass is 19.4. The Kier molecular flexibility index (Phi) is 1.52. The van der Waals surface area contributed by atoms with Crippen LogP contribution in [0.2, 0.25) is 0 Å². The minimum atomic E-state index is -4.67. The largest absolute Gasteiger partial charge is 0.593 e. The van der Waals surface area contributed by atoms with E-state index in [-0.39, 0.29) is 0 Å². The topological polar surface area (TPSA) is 27.1 Å². The van der Waals surface area contributed by atoms with Crippen LogP contribution in [0.25, 0.3) is 0 Å². The summed E-state index contributed by atoms with van der Waals surface area (Å²) in [5.74, 6) is 0. The van der Waals surface area contributed by atoms with Gasteiger partial charge in [-0.15, -0.1) is 18.3 Å². The summed E-state index contributed by atoms with van der Waals surface area (Å²) in [6.07, 6.45) is -2.44. The maximum absolute atomic E-state index is 11.3. The number of hydrogen-bond acceptors (Lipinski definition) is 2. The summed E-state index contributed by atoms with van der Waals surface area (Å²) >= 11 is 0. The fourth-order valence-corrected chi connectivity index (χ4v) is 0.415. The Hall–Kier alpha value is -1.20. The van der Waals surface area contributed by atoms with Crippen LogP contribution in [-0.2, 0) is 0 Å². The molecule has 0 N–H and O–H groups in total. The molecule has 3 nitrogen and oxygen atoms in total. The maximum Gasteiger partial charge on any atom is 0.593 e. The molecule has 0 spiro atoms. The third kappa shape index (κ3) is 1.96. The molecule has 0 bridgehead atoms. The lowest BCUT2D eigenvalue weighted by Crippen LogP contribution is -2.27. The summed E-state index contributed by atoms with van der Waals surface area (Å²) in [5, 5.41) is 3.18. The molecular weight excluding hydrogens is 149 g/mol. The van der Waals surface area contributed by atoms with Gasteiger partial charge in [0, 0.05) is 0 Å². The Bertz CT molecular complexity index is 193. The van der Waals surface area contributed by atoms with Crippen molar-refractivity contribution in [3.63, 3.8) is 0 Å². The molecule has 0 amide bonds. The predicted octanol–water partition coefficient (Wildman–Crippen LogP) is 0.831. The lowest BCUT2D eigenvalue weighted by Gasteiger charge is -2.05. The van der Waals surface area contributed by atoms with Crippen molar-refractivity contribution in [1.29, 1.82) is 0 Å². The van der Waals surface area contributed by atoms with Crippen molar-refractivity contribution in [3.8, 4) is 0 Å². The zero-order valence-corrected chi connectivity index (χ0v) is 4.67. The zero-order chi connectivity index (χ0) is 7.61. The van der Waals surface area contributed by atoms with Crippen LogP contribution in [-0.4, -0.2) is 16.3 Å². The van der Waals surface area contributed by atoms with Crippen LogP contribution in [0.15, 0.2) is 18.5 Å². The highest BCUT2D eigenvalue weighted by Crippen LogP contribution is 2.11. The van der Waals surface area contributed by atoms with Gasteiger partial charge in [0.15, 0.2) is 0 Å². The molecule has 1 aromatic rings. The molecule has 0 radical (unpaired) electrons. The number of hydrogen-bond donors (Lipinski definition) is 0. The molecule has 0 saturated heterocycles. The minimum Gasteiger partial charge on any atom is -0.295 e. The summed E-state index contributed by atoms with van der Waals surface area (Å²) in [6.45, 7) is 0. The second-order valence-electron chi connectivity index (χ2n) is 1.45. The predicted molar refractivity (Wildman–Crippen MR) is 24.9 cm³/mol. The van der Waals surface area contributed by atoms with E-state index in [0.717, 1.165) is 6.20 Å². The van der Waals surface area contributed by atoms with Gasteiger partial charge < -0.3 is 0 Å². The van der Waals surface area contributed by atoms with E-state index in [9.17, 15) is 13.2 Å². The Labute approximate surface area is 54.0 Å². The van der Waals surface area contributed by atoms with E-state index in [0.29, 0.717) is 4.85 Å². The molecule has 1 heterocycles. The van der Waals surface area contributed by atoms with Crippen LogP contribution in [0, 0.1) is 0 Å². The summed E-state index contributed by atoms with van der Waals surface area (Å²) in [4.78, 5) is 3.68. The monoisotopic (exact) mass is 152 g/mol. The van der Waals surface area contributed by atoms with Gasteiger partial charge in [-0.25, -0.2) is 0 Å². The van der Waals surface area contributed by atoms with Crippen LogP contribution in [0.1, 0.15) is 0 Å². The molecule has 0 unspecified atom stereocenters. The molecule has 0 aliphatic heterocycles. The minimum absolute atomic E-state index is 0.333. The van der Waals surface area contributed by atoms with E-state index in [4.69, 9.17) is 0 Å². The fourth-order valence-electron chi connectivity index (χ4n) is 0.415. The number of halogens is 3. The van der Waals surface area contributed by atoms with Gasteiger partial charge >= 0.3 is 6.36 Å². The first-order valence-electron chi connectivity index (χ1n) is 2.34. The van der Waals surface area contributed by atoms with Crippen molar-refractivity contribution in [2.45, 2.75) is 6.36 Å². The van der Waals surface area contributed by atoms with E-state index >= 15 is 0 Å². The molecule has 56 valence electrons. The van der Waals surface area contributed by atoms with Crippen LogP contribution >= 0.6 is 0 Å². The quantitative estimate of drug-likeness (QED) is 0.596. The SMILES string of the molecule is FC(F)(F)On1cccn1. The molecular formula is C4H3F3N2O.